The van der Waals surface area contributed by atoms with Crippen LogP contribution in [0.4, 0.5) is 10.5 Å². The second-order valence-electron chi connectivity index (χ2n) is 11.3. The third-order valence-electron chi connectivity index (χ3n) is 8.35. The Morgan fingerprint density at radius 1 is 1.02 bits per heavy atom. The molecular formula is C32H42ClN3O8. The number of piperidine rings is 2. The zero-order valence-corrected chi connectivity index (χ0v) is 26.1. The van der Waals surface area contributed by atoms with E-state index in [0.717, 1.165) is 57.1 Å². The fraction of sp³-hybridized carbons (Fsp3) is 0.500. The number of rotatable bonds is 10. The molecular weight excluding hydrogens is 590 g/mol. The second-order valence-corrected chi connectivity index (χ2v) is 11.7. The number of anilines is 1. The smallest absolute Gasteiger partial charge is 0.414 e. The molecule has 0 aliphatic carbocycles. The summed E-state index contributed by atoms with van der Waals surface area (Å²) in [5, 5.41) is 28.8. The number of carboxylic acid groups (broad SMARTS) is 3. The third kappa shape index (κ3) is 9.33. The molecule has 2 heterocycles. The first-order valence-electron chi connectivity index (χ1n) is 14.9. The van der Waals surface area contributed by atoms with Gasteiger partial charge >= 0.3 is 18.0 Å². The van der Waals surface area contributed by atoms with Crippen LogP contribution in [0.2, 0.25) is 5.02 Å². The molecule has 2 aromatic rings. The van der Waals surface area contributed by atoms with Gasteiger partial charge in [-0.15, -0.1) is 0 Å². The van der Waals surface area contributed by atoms with E-state index in [2.05, 4.69) is 17.1 Å². The Bertz CT molecular complexity index is 1280. The predicted octanol–water partition coefficient (Wildman–Crippen LogP) is 5.67. The van der Waals surface area contributed by atoms with E-state index < -0.39 is 18.0 Å². The van der Waals surface area contributed by atoms with Gasteiger partial charge in [0.15, 0.2) is 0 Å². The molecule has 4 N–H and O–H groups in total. The minimum atomic E-state index is -1.82. The monoisotopic (exact) mass is 631 g/mol. The van der Waals surface area contributed by atoms with Crippen LogP contribution in [0.3, 0.4) is 0 Å². The average molecular weight is 632 g/mol. The summed E-state index contributed by atoms with van der Waals surface area (Å²) in [6.07, 6.45) is 6.88. The van der Waals surface area contributed by atoms with Crippen molar-refractivity contribution in [3.8, 4) is 5.75 Å². The number of nitrogens with one attached hydrogen (secondary N) is 1. The molecule has 0 aromatic heterocycles. The lowest BCUT2D eigenvalue weighted by Crippen LogP contribution is -2.58. The van der Waals surface area contributed by atoms with E-state index in [1.807, 2.05) is 25.1 Å². The number of ether oxygens (including phenoxy) is 1. The van der Waals surface area contributed by atoms with Crippen LogP contribution in [0.15, 0.2) is 42.5 Å². The summed E-state index contributed by atoms with van der Waals surface area (Å²) < 4.78 is 5.53. The Morgan fingerprint density at radius 3 is 2.16 bits per heavy atom. The van der Waals surface area contributed by atoms with Crippen molar-refractivity contribution in [1.82, 2.24) is 10.2 Å². The van der Waals surface area contributed by atoms with E-state index in [0.29, 0.717) is 34.1 Å². The Labute approximate surface area is 262 Å². The molecule has 0 spiro atoms. The number of benzene rings is 2. The summed E-state index contributed by atoms with van der Waals surface area (Å²) in [5.41, 5.74) is 2.27. The third-order valence-corrected chi connectivity index (χ3v) is 8.60. The Morgan fingerprint density at radius 2 is 1.64 bits per heavy atom. The van der Waals surface area contributed by atoms with E-state index in [-0.39, 0.29) is 18.0 Å². The van der Waals surface area contributed by atoms with Gasteiger partial charge in [0.25, 0.3) is 5.91 Å². The number of carbonyl (C=O) groups excluding carboxylic acids is 1. The van der Waals surface area contributed by atoms with E-state index in [4.69, 9.17) is 36.1 Å². The minimum Gasteiger partial charge on any atom is -0.495 e. The summed E-state index contributed by atoms with van der Waals surface area (Å²) in [4.78, 5) is 47.5. The number of carboxylic acids is 2. The summed E-state index contributed by atoms with van der Waals surface area (Å²) in [6.45, 7) is 5.05. The topological polar surface area (TPSA) is 157 Å². The molecule has 4 rings (SSSR count). The van der Waals surface area contributed by atoms with Gasteiger partial charge in [0.2, 0.25) is 0 Å². The van der Waals surface area contributed by atoms with Crippen LogP contribution in [0.5, 0.6) is 5.75 Å². The molecule has 240 valence electrons. The van der Waals surface area contributed by atoms with Crippen molar-refractivity contribution in [1.29, 1.82) is 0 Å². The number of fused-ring (bicyclic) bond motifs is 2. The molecule has 3 unspecified atom stereocenters. The van der Waals surface area contributed by atoms with Crippen molar-refractivity contribution in [2.24, 2.45) is 0 Å². The quantitative estimate of drug-likeness (QED) is 0.243. The lowest BCUT2D eigenvalue weighted by molar-refractivity contribution is -0.159. The van der Waals surface area contributed by atoms with Gasteiger partial charge in [0.1, 0.15) is 5.75 Å². The molecule has 2 aliphatic rings. The van der Waals surface area contributed by atoms with Crippen LogP contribution < -0.4 is 15.0 Å². The maximum atomic E-state index is 12.7. The normalized spacial score (nSPS) is 20.0. The van der Waals surface area contributed by atoms with Crippen molar-refractivity contribution in [2.75, 3.05) is 18.6 Å². The van der Waals surface area contributed by atoms with E-state index >= 15 is 0 Å². The van der Waals surface area contributed by atoms with E-state index in [1.54, 1.807) is 36.3 Å². The van der Waals surface area contributed by atoms with Gasteiger partial charge in [0, 0.05) is 34.8 Å². The van der Waals surface area contributed by atoms with Gasteiger partial charge in [-0.25, -0.2) is 14.4 Å². The highest BCUT2D eigenvalue weighted by Crippen LogP contribution is 2.40. The van der Waals surface area contributed by atoms with Crippen molar-refractivity contribution in [3.63, 3.8) is 0 Å². The zero-order valence-electron chi connectivity index (χ0n) is 25.4. The number of carbonyl (C=O) groups is 4. The van der Waals surface area contributed by atoms with Crippen molar-refractivity contribution >= 4 is 41.2 Å². The lowest BCUT2D eigenvalue weighted by Gasteiger charge is -2.51. The van der Waals surface area contributed by atoms with Crippen LogP contribution in [0.25, 0.3) is 0 Å². The first-order valence-corrected chi connectivity index (χ1v) is 15.3. The predicted molar refractivity (Wildman–Crippen MR) is 167 cm³/mol. The van der Waals surface area contributed by atoms with Crippen LogP contribution in [-0.2, 0) is 9.59 Å². The summed E-state index contributed by atoms with van der Waals surface area (Å²) in [7, 11) is 1.59. The Kier molecular flexibility index (Phi) is 12.8. The number of aliphatic carboxylic acids is 2. The molecule has 2 saturated heterocycles. The highest BCUT2D eigenvalue weighted by molar-refractivity contribution is 6.30. The number of nitrogens with zero attached hydrogens (tertiary/aromatic N) is 2. The molecule has 2 aliphatic heterocycles. The van der Waals surface area contributed by atoms with Crippen LogP contribution in [0, 0.1) is 6.92 Å². The average Bonchev–Trinajstić information content (AvgIpc) is 2.97. The van der Waals surface area contributed by atoms with E-state index in [1.165, 1.54) is 6.42 Å². The first-order chi connectivity index (χ1) is 20.9. The van der Waals surface area contributed by atoms with Gasteiger partial charge in [-0.1, -0.05) is 31.0 Å². The molecule has 2 aromatic carbocycles. The Balaban J connectivity index is 0.000000801. The molecule has 0 saturated carbocycles. The van der Waals surface area contributed by atoms with Crippen molar-refractivity contribution in [3.05, 3.63) is 58.6 Å². The number of amides is 2. The SMILES string of the molecule is CCC(CCCN1C2CCCC1CC(N(C(=O)O)c1cc(C)ccc1OC)C2)NC(=O)c1ccc(Cl)cc1.O=C(O)C(=O)O. The highest BCUT2D eigenvalue weighted by Gasteiger charge is 2.42. The second kappa shape index (κ2) is 16.3. The number of hydrogen-bond acceptors (Lipinski definition) is 6. The lowest BCUT2D eigenvalue weighted by atomic mass is 9.80. The molecule has 44 heavy (non-hydrogen) atoms. The number of hydrogen-bond donors (Lipinski definition) is 4. The van der Waals surface area contributed by atoms with E-state index in [9.17, 15) is 14.7 Å². The standard InChI is InChI=1S/C30H40ClN3O4.C2H2O4/c1-4-23(32-29(35)21-11-13-22(31)14-12-21)7-6-16-33-24-8-5-9-25(33)19-26(18-24)34(30(36)37)27-17-20(2)10-15-28(27)38-3;3-1(4)2(5)6/h10-15,17,23-26H,4-9,16,18-19H2,1-3H3,(H,32,35)(H,36,37);(H,3,4)(H,5,6). The van der Waals surface area contributed by atoms with Gasteiger partial charge < -0.3 is 25.4 Å². The maximum absolute atomic E-state index is 12.7. The van der Waals surface area contributed by atoms with Gasteiger partial charge in [-0.3, -0.25) is 14.6 Å². The van der Waals surface area contributed by atoms with Gasteiger partial charge in [0.05, 0.1) is 12.8 Å². The first kappa shape index (κ1) is 34.7. The fourth-order valence-electron chi connectivity index (χ4n) is 6.24. The van der Waals surface area contributed by atoms with Gasteiger partial charge in [-0.2, -0.15) is 0 Å². The van der Waals surface area contributed by atoms with Crippen molar-refractivity contribution < 1.29 is 39.2 Å². The molecule has 2 fully saturated rings. The summed E-state index contributed by atoms with van der Waals surface area (Å²) in [6, 6.07) is 13.5. The number of halogens is 1. The van der Waals surface area contributed by atoms with Crippen molar-refractivity contribution in [2.45, 2.75) is 89.4 Å². The Hall–Kier alpha value is -3.83. The minimum absolute atomic E-state index is 0.0634. The summed E-state index contributed by atoms with van der Waals surface area (Å²) >= 11 is 5.95. The van der Waals surface area contributed by atoms with Crippen LogP contribution in [0.1, 0.15) is 74.2 Å². The number of aryl methyl sites for hydroxylation is 1. The zero-order chi connectivity index (χ0) is 32.4. The largest absolute Gasteiger partial charge is 0.495 e. The maximum Gasteiger partial charge on any atom is 0.414 e. The van der Waals surface area contributed by atoms with Crippen LogP contribution >= 0.6 is 11.6 Å². The molecule has 12 heteroatoms. The molecule has 2 amide bonds. The molecule has 0 radical (unpaired) electrons. The highest BCUT2D eigenvalue weighted by atomic mass is 35.5. The van der Waals surface area contributed by atoms with Crippen LogP contribution in [-0.4, -0.2) is 82.0 Å². The number of methoxy groups -OCH3 is 1. The van der Waals surface area contributed by atoms with Gasteiger partial charge in [-0.05, 0) is 100 Å². The molecule has 11 nitrogen and oxygen atoms in total. The summed E-state index contributed by atoms with van der Waals surface area (Å²) in [5.74, 6) is -3.12. The molecule has 3 atom stereocenters. The fourth-order valence-corrected chi connectivity index (χ4v) is 6.36. The molecule has 2 bridgehead atoms.